The van der Waals surface area contributed by atoms with E-state index < -0.39 is 0 Å². The van der Waals surface area contributed by atoms with Gasteiger partial charge in [0.2, 0.25) is 5.91 Å². The van der Waals surface area contributed by atoms with Gasteiger partial charge in [-0.3, -0.25) is 4.79 Å². The lowest BCUT2D eigenvalue weighted by Gasteiger charge is -2.15. The van der Waals surface area contributed by atoms with E-state index in [0.29, 0.717) is 6.04 Å². The highest BCUT2D eigenvalue weighted by atomic mass is 32.2. The molecule has 24 heavy (non-hydrogen) atoms. The van der Waals surface area contributed by atoms with Crippen LogP contribution in [0.4, 0.5) is 0 Å². The molecular formula is C19H25N3OS. The minimum atomic E-state index is -0.138. The predicted molar refractivity (Wildman–Crippen MR) is 98.3 cm³/mol. The van der Waals surface area contributed by atoms with Crippen LogP contribution in [0.5, 0.6) is 0 Å². The van der Waals surface area contributed by atoms with Gasteiger partial charge in [-0.15, -0.1) is 0 Å². The number of H-pyrrole nitrogens is 1. The van der Waals surface area contributed by atoms with Crippen molar-refractivity contribution >= 4 is 17.7 Å². The molecule has 0 bridgehead atoms. The van der Waals surface area contributed by atoms with Gasteiger partial charge in [0.25, 0.3) is 0 Å². The summed E-state index contributed by atoms with van der Waals surface area (Å²) in [4.78, 5) is 20.3. The summed E-state index contributed by atoms with van der Waals surface area (Å²) in [6.07, 6.45) is 5.50. The molecule has 0 saturated heterocycles. The molecule has 1 aromatic heterocycles. The normalized spacial score (nSPS) is 16.2. The molecule has 0 aliphatic heterocycles. The van der Waals surface area contributed by atoms with E-state index in [1.807, 2.05) is 32.0 Å². The number of benzene rings is 1. The van der Waals surface area contributed by atoms with E-state index in [-0.39, 0.29) is 11.2 Å². The Bertz CT molecular complexity index is 677. The van der Waals surface area contributed by atoms with Gasteiger partial charge in [0, 0.05) is 18.2 Å². The van der Waals surface area contributed by atoms with Crippen molar-refractivity contribution in [1.82, 2.24) is 15.3 Å². The predicted octanol–water partition coefficient (Wildman–Crippen LogP) is 3.85. The molecule has 128 valence electrons. The van der Waals surface area contributed by atoms with E-state index in [2.05, 4.69) is 27.4 Å². The molecule has 1 aliphatic rings. The number of carbonyl (C=O) groups is 1. The van der Waals surface area contributed by atoms with Crippen molar-refractivity contribution in [3.63, 3.8) is 0 Å². The summed E-state index contributed by atoms with van der Waals surface area (Å²) >= 11 is 1.50. The maximum absolute atomic E-state index is 12.3. The molecule has 3 rings (SSSR count). The zero-order valence-corrected chi connectivity index (χ0v) is 15.2. The maximum Gasteiger partial charge on any atom is 0.233 e. The van der Waals surface area contributed by atoms with Crippen LogP contribution >= 0.6 is 11.8 Å². The third-order valence-corrected chi connectivity index (χ3v) is 5.52. The molecular weight excluding hydrogens is 318 g/mol. The summed E-state index contributed by atoms with van der Waals surface area (Å²) in [5.41, 5.74) is 3.37. The summed E-state index contributed by atoms with van der Waals surface area (Å²) in [5, 5.41) is 3.85. The number of aromatic amines is 1. The van der Waals surface area contributed by atoms with Gasteiger partial charge in [-0.1, -0.05) is 54.9 Å². The second-order valence-electron chi connectivity index (χ2n) is 6.53. The molecule has 1 fully saturated rings. The van der Waals surface area contributed by atoms with Gasteiger partial charge in [0.15, 0.2) is 5.16 Å². The molecule has 1 saturated carbocycles. The third-order valence-electron chi connectivity index (χ3n) is 4.54. The number of thioether (sulfide) groups is 1. The Balaban J connectivity index is 1.58. The molecule has 1 heterocycles. The minimum absolute atomic E-state index is 0.116. The second-order valence-corrected chi connectivity index (χ2v) is 7.86. The molecule has 1 aromatic carbocycles. The van der Waals surface area contributed by atoms with E-state index in [4.69, 9.17) is 0 Å². The first-order valence-electron chi connectivity index (χ1n) is 8.68. The Kier molecular flexibility index (Phi) is 5.61. The van der Waals surface area contributed by atoms with Crippen molar-refractivity contribution in [2.24, 2.45) is 0 Å². The number of hydrogen-bond donors (Lipinski definition) is 2. The van der Waals surface area contributed by atoms with Crippen molar-refractivity contribution in [3.05, 3.63) is 47.3 Å². The standard InChI is InChI=1S/C19H25N3OS/c1-13-17(12-15-8-4-3-5-9-15)22-19(20-13)24-14(2)18(23)21-16-10-6-7-11-16/h3-5,8-9,14,16H,6-7,10-12H2,1-2H3,(H,20,22)(H,21,23)/t14-/m1/s1. The van der Waals surface area contributed by atoms with Crippen LogP contribution in [0.2, 0.25) is 0 Å². The molecule has 1 amide bonds. The topological polar surface area (TPSA) is 57.8 Å². The summed E-state index contributed by atoms with van der Waals surface area (Å²) in [6.45, 7) is 3.99. The lowest BCUT2D eigenvalue weighted by Crippen LogP contribution is -2.37. The van der Waals surface area contributed by atoms with Crippen molar-refractivity contribution < 1.29 is 4.79 Å². The van der Waals surface area contributed by atoms with Crippen LogP contribution in [0.3, 0.4) is 0 Å². The van der Waals surface area contributed by atoms with E-state index >= 15 is 0 Å². The number of aryl methyl sites for hydroxylation is 1. The average molecular weight is 343 g/mol. The van der Waals surface area contributed by atoms with Crippen LogP contribution in [0, 0.1) is 6.92 Å². The lowest BCUT2D eigenvalue weighted by molar-refractivity contribution is -0.120. The molecule has 1 atom stereocenters. The zero-order valence-electron chi connectivity index (χ0n) is 14.3. The largest absolute Gasteiger partial charge is 0.352 e. The number of imidazole rings is 1. The quantitative estimate of drug-likeness (QED) is 0.783. The molecule has 4 nitrogen and oxygen atoms in total. The monoisotopic (exact) mass is 343 g/mol. The van der Waals surface area contributed by atoms with E-state index in [0.717, 1.165) is 35.8 Å². The molecule has 0 unspecified atom stereocenters. The Hall–Kier alpha value is -1.75. The number of nitrogens with one attached hydrogen (secondary N) is 2. The van der Waals surface area contributed by atoms with Gasteiger partial charge in [-0.2, -0.15) is 0 Å². The van der Waals surface area contributed by atoms with Gasteiger partial charge in [-0.05, 0) is 32.3 Å². The van der Waals surface area contributed by atoms with Crippen LogP contribution in [0.1, 0.15) is 49.6 Å². The van der Waals surface area contributed by atoms with E-state index in [9.17, 15) is 4.79 Å². The first-order valence-corrected chi connectivity index (χ1v) is 9.56. The van der Waals surface area contributed by atoms with Gasteiger partial charge in [0.05, 0.1) is 10.9 Å². The summed E-state index contributed by atoms with van der Waals surface area (Å²) in [7, 11) is 0. The Morgan fingerprint density at radius 3 is 2.75 bits per heavy atom. The molecule has 2 aromatic rings. The van der Waals surface area contributed by atoms with Gasteiger partial charge >= 0.3 is 0 Å². The summed E-state index contributed by atoms with van der Waals surface area (Å²) in [6, 6.07) is 10.7. The number of carbonyl (C=O) groups excluding carboxylic acids is 1. The smallest absolute Gasteiger partial charge is 0.233 e. The highest BCUT2D eigenvalue weighted by molar-refractivity contribution is 8.00. The van der Waals surface area contributed by atoms with E-state index in [1.54, 1.807) is 0 Å². The fraction of sp³-hybridized carbons (Fsp3) is 0.474. The fourth-order valence-electron chi connectivity index (χ4n) is 3.09. The van der Waals surface area contributed by atoms with Crippen LogP contribution in [0.15, 0.2) is 35.5 Å². The van der Waals surface area contributed by atoms with Gasteiger partial charge in [-0.25, -0.2) is 4.98 Å². The molecule has 2 N–H and O–H groups in total. The van der Waals surface area contributed by atoms with Crippen molar-refractivity contribution in [2.75, 3.05) is 0 Å². The highest BCUT2D eigenvalue weighted by Crippen LogP contribution is 2.24. The second kappa shape index (κ2) is 7.88. The first kappa shape index (κ1) is 17.1. The van der Waals surface area contributed by atoms with Gasteiger partial charge in [0.1, 0.15) is 0 Å². The molecule has 0 radical (unpaired) electrons. The van der Waals surface area contributed by atoms with Crippen molar-refractivity contribution in [1.29, 1.82) is 0 Å². The average Bonchev–Trinajstić information content (AvgIpc) is 3.19. The van der Waals surface area contributed by atoms with Gasteiger partial charge < -0.3 is 10.3 Å². The fourth-order valence-corrected chi connectivity index (χ4v) is 3.98. The van der Waals surface area contributed by atoms with E-state index in [1.165, 1.54) is 30.2 Å². The number of amides is 1. The lowest BCUT2D eigenvalue weighted by atomic mass is 10.1. The highest BCUT2D eigenvalue weighted by Gasteiger charge is 2.22. The molecule has 1 aliphatic carbocycles. The summed E-state index contributed by atoms with van der Waals surface area (Å²) in [5.74, 6) is 0.116. The number of nitrogens with zero attached hydrogens (tertiary/aromatic N) is 1. The number of aromatic nitrogens is 2. The molecule has 5 heteroatoms. The van der Waals surface area contributed by atoms with Crippen LogP contribution < -0.4 is 5.32 Å². The minimum Gasteiger partial charge on any atom is -0.352 e. The van der Waals surface area contributed by atoms with Crippen molar-refractivity contribution in [3.8, 4) is 0 Å². The Morgan fingerprint density at radius 1 is 1.33 bits per heavy atom. The summed E-state index contributed by atoms with van der Waals surface area (Å²) < 4.78 is 0. The number of rotatable bonds is 6. The van der Waals surface area contributed by atoms with Crippen LogP contribution in [0.25, 0.3) is 0 Å². The zero-order chi connectivity index (χ0) is 16.9. The SMILES string of the molecule is Cc1[nH]c(S[C@H](C)C(=O)NC2CCCC2)nc1Cc1ccccc1. The molecule has 0 spiro atoms. The van der Waals surface area contributed by atoms with Crippen molar-refractivity contribution in [2.45, 2.75) is 62.4 Å². The van der Waals surface area contributed by atoms with Crippen LogP contribution in [-0.4, -0.2) is 27.2 Å². The first-order chi connectivity index (χ1) is 11.6. The number of hydrogen-bond acceptors (Lipinski definition) is 3. The Labute approximate surface area is 147 Å². The third kappa shape index (κ3) is 4.41. The maximum atomic E-state index is 12.3. The van der Waals surface area contributed by atoms with Crippen LogP contribution in [-0.2, 0) is 11.2 Å². The Morgan fingerprint density at radius 2 is 2.04 bits per heavy atom.